The SMILES string of the molecule is NCCc1cn[nH]c1C(F)F. The molecule has 0 radical (unpaired) electrons. The highest BCUT2D eigenvalue weighted by Crippen LogP contribution is 2.19. The highest BCUT2D eigenvalue weighted by Gasteiger charge is 2.13. The number of nitrogens with one attached hydrogen (secondary N) is 1. The van der Waals surface area contributed by atoms with Crippen LogP contribution in [0.25, 0.3) is 0 Å². The van der Waals surface area contributed by atoms with E-state index in [0.29, 0.717) is 18.5 Å². The van der Waals surface area contributed by atoms with Crippen LogP contribution in [0.3, 0.4) is 0 Å². The maximum atomic E-state index is 12.1. The number of hydrogen-bond acceptors (Lipinski definition) is 2. The minimum atomic E-state index is -2.49. The molecule has 0 atom stereocenters. The smallest absolute Gasteiger partial charge is 0.280 e. The zero-order chi connectivity index (χ0) is 8.27. The molecule has 3 N–H and O–H groups in total. The largest absolute Gasteiger partial charge is 0.330 e. The summed E-state index contributed by atoms with van der Waals surface area (Å²) in [6.45, 7) is 0.360. The van der Waals surface area contributed by atoms with E-state index >= 15 is 0 Å². The number of nitrogens with two attached hydrogens (primary N) is 1. The summed E-state index contributed by atoms with van der Waals surface area (Å²) in [5.41, 5.74) is 5.59. The van der Waals surface area contributed by atoms with Crippen LogP contribution < -0.4 is 5.73 Å². The number of aromatic amines is 1. The summed E-state index contributed by atoms with van der Waals surface area (Å²) in [5, 5.41) is 5.74. The number of nitrogens with zero attached hydrogens (tertiary/aromatic N) is 1. The highest BCUT2D eigenvalue weighted by molar-refractivity contribution is 5.17. The van der Waals surface area contributed by atoms with E-state index in [1.165, 1.54) is 6.20 Å². The van der Waals surface area contributed by atoms with Crippen LogP contribution in [0.5, 0.6) is 0 Å². The van der Waals surface area contributed by atoms with Crippen molar-refractivity contribution >= 4 is 0 Å². The Morgan fingerprint density at radius 2 is 2.36 bits per heavy atom. The topological polar surface area (TPSA) is 54.7 Å². The Morgan fingerprint density at radius 1 is 1.64 bits per heavy atom. The molecule has 3 nitrogen and oxygen atoms in total. The average Bonchev–Trinajstić information content (AvgIpc) is 2.36. The number of alkyl halides is 2. The van der Waals surface area contributed by atoms with Crippen LogP contribution in [0.2, 0.25) is 0 Å². The third kappa shape index (κ3) is 1.74. The predicted octanol–water partition coefficient (Wildman–Crippen LogP) is 0.849. The molecular weight excluding hydrogens is 152 g/mol. The van der Waals surface area contributed by atoms with Gasteiger partial charge in [-0.3, -0.25) is 5.10 Å². The molecule has 5 heteroatoms. The van der Waals surface area contributed by atoms with E-state index in [-0.39, 0.29) is 5.69 Å². The molecule has 0 amide bonds. The van der Waals surface area contributed by atoms with Gasteiger partial charge in [-0.25, -0.2) is 8.78 Å². The fraction of sp³-hybridized carbons (Fsp3) is 0.500. The van der Waals surface area contributed by atoms with Crippen molar-refractivity contribution in [2.24, 2.45) is 5.73 Å². The first-order valence-corrected chi connectivity index (χ1v) is 3.26. The van der Waals surface area contributed by atoms with Gasteiger partial charge in [0, 0.05) is 5.56 Å². The van der Waals surface area contributed by atoms with Crippen LogP contribution in [-0.4, -0.2) is 16.7 Å². The van der Waals surface area contributed by atoms with Crippen molar-refractivity contribution in [2.45, 2.75) is 12.8 Å². The fourth-order valence-electron chi connectivity index (χ4n) is 0.865. The summed E-state index contributed by atoms with van der Waals surface area (Å²) in [4.78, 5) is 0. The molecule has 1 rings (SSSR count). The second-order valence-electron chi connectivity index (χ2n) is 2.15. The van der Waals surface area contributed by atoms with E-state index < -0.39 is 6.43 Å². The van der Waals surface area contributed by atoms with Gasteiger partial charge < -0.3 is 5.73 Å². The van der Waals surface area contributed by atoms with Gasteiger partial charge in [-0.05, 0) is 13.0 Å². The molecule has 0 saturated heterocycles. The lowest BCUT2D eigenvalue weighted by Gasteiger charge is -1.98. The predicted molar refractivity (Wildman–Crippen MR) is 36.3 cm³/mol. The summed E-state index contributed by atoms with van der Waals surface area (Å²) in [6.07, 6.45) is -0.663. The first kappa shape index (κ1) is 8.13. The molecule has 0 bridgehead atoms. The number of hydrogen-bond donors (Lipinski definition) is 2. The average molecular weight is 161 g/mol. The van der Waals surface area contributed by atoms with Gasteiger partial charge in [0.05, 0.1) is 6.20 Å². The van der Waals surface area contributed by atoms with E-state index in [0.717, 1.165) is 0 Å². The van der Waals surface area contributed by atoms with E-state index in [2.05, 4.69) is 10.2 Å². The molecule has 0 fully saturated rings. The number of H-pyrrole nitrogens is 1. The fourth-order valence-corrected chi connectivity index (χ4v) is 0.865. The van der Waals surface area contributed by atoms with Crippen molar-refractivity contribution < 1.29 is 8.78 Å². The van der Waals surface area contributed by atoms with E-state index in [1.807, 2.05) is 0 Å². The summed E-state index contributed by atoms with van der Waals surface area (Å²) < 4.78 is 24.1. The Balaban J connectivity index is 2.78. The summed E-state index contributed by atoms with van der Waals surface area (Å²) in [5.74, 6) is 0. The van der Waals surface area contributed by atoms with Gasteiger partial charge in [-0.1, -0.05) is 0 Å². The Labute approximate surface area is 62.6 Å². The zero-order valence-corrected chi connectivity index (χ0v) is 5.85. The molecule has 1 aromatic rings. The normalized spacial score (nSPS) is 10.9. The third-order valence-electron chi connectivity index (χ3n) is 1.38. The lowest BCUT2D eigenvalue weighted by atomic mass is 10.2. The quantitative estimate of drug-likeness (QED) is 0.690. The van der Waals surface area contributed by atoms with E-state index in [4.69, 9.17) is 5.73 Å². The van der Waals surface area contributed by atoms with Crippen molar-refractivity contribution in [2.75, 3.05) is 6.54 Å². The Morgan fingerprint density at radius 3 is 2.91 bits per heavy atom. The molecular formula is C6H9F2N3. The first-order valence-electron chi connectivity index (χ1n) is 3.26. The number of rotatable bonds is 3. The van der Waals surface area contributed by atoms with Gasteiger partial charge in [0.15, 0.2) is 0 Å². The first-order chi connectivity index (χ1) is 5.25. The van der Waals surface area contributed by atoms with Gasteiger partial charge >= 0.3 is 0 Å². The summed E-state index contributed by atoms with van der Waals surface area (Å²) in [6, 6.07) is 0. The lowest BCUT2D eigenvalue weighted by Crippen LogP contribution is -2.04. The maximum absolute atomic E-state index is 12.1. The Bertz CT molecular complexity index is 221. The van der Waals surface area contributed by atoms with Crippen LogP contribution in [-0.2, 0) is 6.42 Å². The molecule has 0 aliphatic heterocycles. The van der Waals surface area contributed by atoms with Crippen molar-refractivity contribution in [3.63, 3.8) is 0 Å². The molecule has 62 valence electrons. The van der Waals surface area contributed by atoms with Gasteiger partial charge in [0.2, 0.25) is 0 Å². The molecule has 1 heterocycles. The van der Waals surface area contributed by atoms with Crippen LogP contribution in [0.4, 0.5) is 8.78 Å². The molecule has 0 aliphatic carbocycles. The van der Waals surface area contributed by atoms with Gasteiger partial charge in [-0.15, -0.1) is 0 Å². The summed E-state index contributed by atoms with van der Waals surface area (Å²) >= 11 is 0. The molecule has 0 aliphatic rings. The monoisotopic (exact) mass is 161 g/mol. The van der Waals surface area contributed by atoms with Crippen molar-refractivity contribution in [1.29, 1.82) is 0 Å². The highest BCUT2D eigenvalue weighted by atomic mass is 19.3. The van der Waals surface area contributed by atoms with Gasteiger partial charge in [0.1, 0.15) is 5.69 Å². The molecule has 0 aromatic carbocycles. The van der Waals surface area contributed by atoms with Crippen molar-refractivity contribution in [3.05, 3.63) is 17.5 Å². The lowest BCUT2D eigenvalue weighted by molar-refractivity contribution is 0.145. The second kappa shape index (κ2) is 3.43. The minimum absolute atomic E-state index is 0.115. The third-order valence-corrected chi connectivity index (χ3v) is 1.38. The van der Waals surface area contributed by atoms with E-state index in [9.17, 15) is 8.78 Å². The Kier molecular flexibility index (Phi) is 2.53. The van der Waals surface area contributed by atoms with Gasteiger partial charge in [-0.2, -0.15) is 5.10 Å². The maximum Gasteiger partial charge on any atom is 0.280 e. The van der Waals surface area contributed by atoms with Crippen LogP contribution >= 0.6 is 0 Å². The van der Waals surface area contributed by atoms with Gasteiger partial charge in [0.25, 0.3) is 6.43 Å². The Hall–Kier alpha value is -0.970. The van der Waals surface area contributed by atoms with Crippen LogP contribution in [0.15, 0.2) is 6.20 Å². The zero-order valence-electron chi connectivity index (χ0n) is 5.85. The minimum Gasteiger partial charge on any atom is -0.330 e. The summed E-state index contributed by atoms with van der Waals surface area (Å²) in [7, 11) is 0. The van der Waals surface area contributed by atoms with Crippen molar-refractivity contribution in [1.82, 2.24) is 10.2 Å². The second-order valence-corrected chi connectivity index (χ2v) is 2.15. The molecule has 0 saturated carbocycles. The number of aromatic nitrogens is 2. The molecule has 0 unspecified atom stereocenters. The molecule has 11 heavy (non-hydrogen) atoms. The number of halogens is 2. The standard InChI is InChI=1S/C6H9F2N3/c7-6(8)5-4(1-2-9)3-10-11-5/h3,6H,1-2,9H2,(H,10,11). The molecule has 1 aromatic heterocycles. The van der Waals surface area contributed by atoms with Crippen LogP contribution in [0.1, 0.15) is 17.7 Å². The van der Waals surface area contributed by atoms with Crippen molar-refractivity contribution in [3.8, 4) is 0 Å². The molecule has 0 spiro atoms. The van der Waals surface area contributed by atoms with Crippen LogP contribution in [0, 0.1) is 0 Å². The van der Waals surface area contributed by atoms with E-state index in [1.54, 1.807) is 0 Å².